The van der Waals surface area contributed by atoms with E-state index in [1.807, 2.05) is 11.4 Å². The molecule has 5 heteroatoms. The molecule has 1 fully saturated rings. The van der Waals surface area contributed by atoms with Crippen molar-refractivity contribution in [3.63, 3.8) is 0 Å². The summed E-state index contributed by atoms with van der Waals surface area (Å²) >= 11 is 4.91. The van der Waals surface area contributed by atoms with Crippen molar-refractivity contribution in [3.05, 3.63) is 20.8 Å². The highest BCUT2D eigenvalue weighted by molar-refractivity contribution is 9.11. The van der Waals surface area contributed by atoms with Gasteiger partial charge in [-0.1, -0.05) is 13.8 Å². The third-order valence-electron chi connectivity index (χ3n) is 3.63. The Morgan fingerprint density at radius 2 is 2.44 bits per heavy atom. The summed E-state index contributed by atoms with van der Waals surface area (Å²) in [6.07, 6.45) is 2.43. The Labute approximate surface area is 120 Å². The number of rotatable bonds is 3. The van der Waals surface area contributed by atoms with E-state index < -0.39 is 0 Å². The number of carbonyl (C=O) groups is 1. The molecule has 0 aromatic carbocycles. The summed E-state index contributed by atoms with van der Waals surface area (Å²) in [5.41, 5.74) is 0.987. The van der Waals surface area contributed by atoms with Crippen LogP contribution in [0, 0.1) is 5.41 Å². The molecule has 2 rings (SSSR count). The molecule has 0 aliphatic carbocycles. The summed E-state index contributed by atoms with van der Waals surface area (Å²) in [5, 5.41) is 8.40. The predicted octanol–water partition coefficient (Wildman–Crippen LogP) is 3.02. The Morgan fingerprint density at radius 1 is 1.67 bits per heavy atom. The van der Waals surface area contributed by atoms with Gasteiger partial charge in [0.05, 0.1) is 9.35 Å². The van der Waals surface area contributed by atoms with Crippen LogP contribution in [0.1, 0.15) is 37.0 Å². The fourth-order valence-corrected chi connectivity index (χ4v) is 3.48. The number of thiophene rings is 1. The van der Waals surface area contributed by atoms with Crippen LogP contribution >= 0.6 is 27.3 Å². The van der Waals surface area contributed by atoms with E-state index in [0.29, 0.717) is 12.6 Å². The van der Waals surface area contributed by atoms with Gasteiger partial charge in [-0.15, -0.1) is 11.3 Å². The summed E-state index contributed by atoms with van der Waals surface area (Å²) in [7, 11) is 0. The number of amides is 1. The van der Waals surface area contributed by atoms with Gasteiger partial charge in [0.1, 0.15) is 0 Å². The minimum absolute atomic E-state index is 0.0140. The van der Waals surface area contributed by atoms with Crippen molar-refractivity contribution in [2.45, 2.75) is 32.7 Å². The number of hydrogen-bond acceptors (Lipinski definition) is 3. The maximum absolute atomic E-state index is 12.0. The van der Waals surface area contributed by atoms with Gasteiger partial charge in [-0.05, 0) is 46.8 Å². The molecular weight excluding hydrogens is 312 g/mol. The lowest BCUT2D eigenvalue weighted by atomic mass is 9.77. The Hall–Kier alpha value is -0.390. The number of halogens is 1. The van der Waals surface area contributed by atoms with E-state index in [1.54, 1.807) is 0 Å². The molecule has 1 saturated heterocycles. The van der Waals surface area contributed by atoms with E-state index in [9.17, 15) is 4.79 Å². The molecule has 3 nitrogen and oxygen atoms in total. The number of nitrogens with one attached hydrogen (secondary N) is 2. The number of piperidine rings is 1. The molecule has 18 heavy (non-hydrogen) atoms. The molecule has 0 saturated carbocycles. The monoisotopic (exact) mass is 330 g/mol. The largest absolute Gasteiger partial charge is 0.350 e. The van der Waals surface area contributed by atoms with Gasteiger partial charge in [-0.2, -0.15) is 0 Å². The molecule has 0 bridgehead atoms. The molecule has 1 aliphatic heterocycles. The van der Waals surface area contributed by atoms with Gasteiger partial charge in [0.25, 0.3) is 5.91 Å². The average Bonchev–Trinajstić information content (AvgIpc) is 2.73. The zero-order valence-electron chi connectivity index (χ0n) is 10.8. The van der Waals surface area contributed by atoms with Gasteiger partial charge in [0, 0.05) is 18.0 Å². The van der Waals surface area contributed by atoms with E-state index >= 15 is 0 Å². The van der Waals surface area contributed by atoms with Crippen molar-refractivity contribution in [1.82, 2.24) is 10.6 Å². The fourth-order valence-electron chi connectivity index (χ4n) is 2.35. The molecule has 1 aromatic heterocycles. The maximum atomic E-state index is 12.0. The van der Waals surface area contributed by atoms with Crippen LogP contribution in [0.4, 0.5) is 0 Å². The lowest BCUT2D eigenvalue weighted by molar-refractivity contribution is 0.0929. The van der Waals surface area contributed by atoms with Gasteiger partial charge in [0.2, 0.25) is 0 Å². The highest BCUT2D eigenvalue weighted by atomic mass is 79.9. The zero-order valence-corrected chi connectivity index (χ0v) is 13.2. The lowest BCUT2D eigenvalue weighted by Crippen LogP contribution is -2.52. The van der Waals surface area contributed by atoms with Crippen molar-refractivity contribution in [2.75, 3.05) is 13.1 Å². The molecule has 1 unspecified atom stereocenters. The molecule has 0 radical (unpaired) electrons. The van der Waals surface area contributed by atoms with Crippen molar-refractivity contribution >= 4 is 33.2 Å². The van der Waals surface area contributed by atoms with Gasteiger partial charge in [-0.3, -0.25) is 4.79 Å². The molecule has 100 valence electrons. The maximum Gasteiger partial charge on any atom is 0.252 e. The Morgan fingerprint density at radius 3 is 3.06 bits per heavy atom. The predicted molar refractivity (Wildman–Crippen MR) is 79.2 cm³/mol. The highest BCUT2D eigenvalue weighted by Gasteiger charge is 2.31. The van der Waals surface area contributed by atoms with E-state index in [-0.39, 0.29) is 11.3 Å². The smallest absolute Gasteiger partial charge is 0.252 e. The third-order valence-corrected chi connectivity index (χ3v) is 5.13. The lowest BCUT2D eigenvalue weighted by Gasteiger charge is -2.39. The zero-order chi connectivity index (χ0) is 13.2. The van der Waals surface area contributed by atoms with Crippen molar-refractivity contribution in [3.8, 4) is 0 Å². The van der Waals surface area contributed by atoms with Gasteiger partial charge < -0.3 is 10.6 Å². The first-order valence-corrected chi connectivity index (χ1v) is 7.92. The first kappa shape index (κ1) is 14.0. The molecule has 1 aliphatic rings. The first-order chi connectivity index (χ1) is 8.49. The van der Waals surface area contributed by atoms with Gasteiger partial charge >= 0.3 is 0 Å². The minimum atomic E-state index is 0.0140. The molecule has 0 spiro atoms. The second-order valence-electron chi connectivity index (χ2n) is 5.45. The van der Waals surface area contributed by atoms with Crippen LogP contribution in [0.15, 0.2) is 15.2 Å². The third kappa shape index (κ3) is 3.33. The summed E-state index contributed by atoms with van der Waals surface area (Å²) in [4.78, 5) is 12.0. The Bertz CT molecular complexity index is 430. The quantitative estimate of drug-likeness (QED) is 0.894. The van der Waals surface area contributed by atoms with Gasteiger partial charge in [-0.25, -0.2) is 0 Å². The molecule has 1 atom stereocenters. The Kier molecular flexibility index (Phi) is 4.45. The fraction of sp³-hybridized carbons (Fsp3) is 0.615. The first-order valence-electron chi connectivity index (χ1n) is 6.25. The second-order valence-corrected chi connectivity index (χ2v) is 7.74. The van der Waals surface area contributed by atoms with E-state index in [1.165, 1.54) is 24.2 Å². The normalized spacial score (nSPS) is 22.7. The molecule has 1 amide bonds. The molecule has 2 N–H and O–H groups in total. The van der Waals surface area contributed by atoms with Crippen LogP contribution in [0.2, 0.25) is 0 Å². The standard InChI is InChI=1S/C13H19BrN2OS/c1-13(2)4-3-5-15-10(13)7-16-12(17)9-6-11(14)18-8-9/h6,8,10,15H,3-5,7H2,1-2H3,(H,16,17). The second kappa shape index (κ2) is 5.72. The SMILES string of the molecule is CC1(C)CCCNC1CNC(=O)c1csc(Br)c1. The topological polar surface area (TPSA) is 41.1 Å². The summed E-state index contributed by atoms with van der Waals surface area (Å²) in [5.74, 6) is 0.0140. The van der Waals surface area contributed by atoms with E-state index in [2.05, 4.69) is 40.4 Å². The molecular formula is C13H19BrN2OS. The number of hydrogen-bond donors (Lipinski definition) is 2. The minimum Gasteiger partial charge on any atom is -0.350 e. The van der Waals surface area contributed by atoms with Crippen LogP contribution in [0.25, 0.3) is 0 Å². The van der Waals surface area contributed by atoms with E-state index in [4.69, 9.17) is 0 Å². The summed E-state index contributed by atoms with van der Waals surface area (Å²) in [6, 6.07) is 2.22. The van der Waals surface area contributed by atoms with Crippen LogP contribution in [-0.4, -0.2) is 25.0 Å². The van der Waals surface area contributed by atoms with Crippen molar-refractivity contribution in [2.24, 2.45) is 5.41 Å². The summed E-state index contributed by atoms with van der Waals surface area (Å²) < 4.78 is 0.990. The molecule has 2 heterocycles. The summed E-state index contributed by atoms with van der Waals surface area (Å²) in [6.45, 7) is 6.27. The number of carbonyl (C=O) groups excluding carboxylic acids is 1. The van der Waals surface area contributed by atoms with Gasteiger partial charge in [0.15, 0.2) is 0 Å². The average molecular weight is 331 g/mol. The van der Waals surface area contributed by atoms with Crippen molar-refractivity contribution < 1.29 is 4.79 Å². The van der Waals surface area contributed by atoms with Crippen molar-refractivity contribution in [1.29, 1.82) is 0 Å². The van der Waals surface area contributed by atoms with Crippen LogP contribution in [0.5, 0.6) is 0 Å². The van der Waals surface area contributed by atoms with Crippen LogP contribution in [0.3, 0.4) is 0 Å². The van der Waals surface area contributed by atoms with Crippen LogP contribution < -0.4 is 10.6 Å². The van der Waals surface area contributed by atoms with Crippen LogP contribution in [-0.2, 0) is 0 Å². The molecule has 1 aromatic rings. The Balaban J connectivity index is 1.89. The van der Waals surface area contributed by atoms with E-state index in [0.717, 1.165) is 15.9 Å². The highest BCUT2D eigenvalue weighted by Crippen LogP contribution is 2.29.